The van der Waals surface area contributed by atoms with E-state index in [1.165, 1.54) is 19.3 Å². The fourth-order valence-electron chi connectivity index (χ4n) is 5.32. The van der Waals surface area contributed by atoms with Crippen LogP contribution in [0.4, 0.5) is 0 Å². The van der Waals surface area contributed by atoms with Crippen molar-refractivity contribution >= 4 is 16.0 Å². The van der Waals surface area contributed by atoms with Gasteiger partial charge in [0.25, 0.3) is 10.0 Å². The summed E-state index contributed by atoms with van der Waals surface area (Å²) in [5, 5.41) is 0. The van der Waals surface area contributed by atoms with Gasteiger partial charge in [0.15, 0.2) is 0 Å². The van der Waals surface area contributed by atoms with Crippen LogP contribution in [0, 0.1) is 0 Å². The van der Waals surface area contributed by atoms with E-state index in [0.29, 0.717) is 41.9 Å². The van der Waals surface area contributed by atoms with Crippen molar-refractivity contribution < 1.29 is 8.42 Å². The maximum atomic E-state index is 13.4. The molecule has 0 radical (unpaired) electrons. The summed E-state index contributed by atoms with van der Waals surface area (Å²) in [6.07, 6.45) is 6.29. The van der Waals surface area contributed by atoms with Gasteiger partial charge < -0.3 is 4.90 Å². The number of piperazine rings is 1. The lowest BCUT2D eigenvalue weighted by atomic mass is 9.90. The molecule has 0 aromatic heterocycles. The molecule has 7 heteroatoms. The van der Waals surface area contributed by atoms with Gasteiger partial charge in [0, 0.05) is 31.2 Å². The lowest BCUT2D eigenvalue weighted by Gasteiger charge is -2.48. The second-order valence-electron chi connectivity index (χ2n) is 9.31. The Hall–Kier alpha value is -1.60. The van der Waals surface area contributed by atoms with Crippen LogP contribution < -0.4 is 0 Å². The van der Waals surface area contributed by atoms with E-state index in [1.807, 2.05) is 12.1 Å². The summed E-state index contributed by atoms with van der Waals surface area (Å²) in [5.41, 5.74) is 1.16. The largest absolute Gasteiger partial charge is 0.333 e. The van der Waals surface area contributed by atoms with Crippen LogP contribution in [-0.4, -0.2) is 72.8 Å². The Morgan fingerprint density at radius 1 is 0.966 bits per heavy atom. The summed E-state index contributed by atoms with van der Waals surface area (Å²) >= 11 is 0. The van der Waals surface area contributed by atoms with E-state index in [9.17, 15) is 8.42 Å². The highest BCUT2D eigenvalue weighted by atomic mass is 32.2. The molecule has 2 unspecified atom stereocenters. The summed E-state index contributed by atoms with van der Waals surface area (Å²) in [6, 6.07) is 8.93. The van der Waals surface area contributed by atoms with Gasteiger partial charge in [0.2, 0.25) is 5.96 Å². The highest BCUT2D eigenvalue weighted by Crippen LogP contribution is 2.37. The van der Waals surface area contributed by atoms with E-state index in [2.05, 4.69) is 23.6 Å². The first-order valence-electron chi connectivity index (χ1n) is 11.1. The molecule has 1 aliphatic carbocycles. The minimum Gasteiger partial charge on any atom is -0.333 e. The van der Waals surface area contributed by atoms with E-state index in [-0.39, 0.29) is 0 Å². The highest BCUT2D eigenvalue weighted by molar-refractivity contribution is 7.89. The molecule has 2 atom stereocenters. The zero-order chi connectivity index (χ0) is 20.2. The Labute approximate surface area is 174 Å². The van der Waals surface area contributed by atoms with E-state index >= 15 is 0 Å². The average molecular weight is 417 g/mol. The molecule has 1 aromatic carbocycles. The quantitative estimate of drug-likeness (QED) is 0.757. The molecule has 3 aliphatic heterocycles. The normalized spacial score (nSPS) is 28.2. The lowest BCUT2D eigenvalue weighted by Crippen LogP contribution is -2.61. The monoisotopic (exact) mass is 416 g/mol. The molecule has 4 aliphatic rings. The molecule has 1 aromatic rings. The van der Waals surface area contributed by atoms with Crippen molar-refractivity contribution in [2.24, 2.45) is 4.99 Å². The van der Waals surface area contributed by atoms with E-state index in [0.717, 1.165) is 37.5 Å². The first-order valence-corrected chi connectivity index (χ1v) is 12.6. The number of hydrogen-bond donors (Lipinski definition) is 0. The van der Waals surface area contributed by atoms with Gasteiger partial charge in [0.1, 0.15) is 0 Å². The molecule has 0 spiro atoms. The second-order valence-corrected chi connectivity index (χ2v) is 11.2. The Bertz CT molecular complexity index is 878. The van der Waals surface area contributed by atoms with Gasteiger partial charge in [-0.1, -0.05) is 32.4 Å². The Balaban J connectivity index is 1.37. The topological polar surface area (TPSA) is 56.2 Å². The van der Waals surface area contributed by atoms with Gasteiger partial charge in [-0.2, -0.15) is 0 Å². The van der Waals surface area contributed by atoms with Crippen LogP contribution in [-0.2, 0) is 10.0 Å². The molecule has 2 saturated heterocycles. The molecule has 6 nitrogen and oxygen atoms in total. The zero-order valence-electron chi connectivity index (χ0n) is 17.5. The number of fused-ring (bicyclic) bond motifs is 2. The number of hydrogen-bond acceptors (Lipinski definition) is 5. The number of likely N-dealkylation sites (tertiary alicyclic amines) is 1. The fraction of sp³-hybridized carbons (Fsp3) is 0.682. The zero-order valence-corrected chi connectivity index (χ0v) is 18.3. The molecule has 3 heterocycles. The smallest absolute Gasteiger partial charge is 0.266 e. The fourth-order valence-corrected chi connectivity index (χ4v) is 6.75. The van der Waals surface area contributed by atoms with Crippen LogP contribution in [0.25, 0.3) is 0 Å². The number of nitrogens with zero attached hydrogens (tertiary/aromatic N) is 4. The van der Waals surface area contributed by atoms with Gasteiger partial charge >= 0.3 is 0 Å². The first kappa shape index (κ1) is 19.4. The van der Waals surface area contributed by atoms with Crippen LogP contribution in [0.15, 0.2) is 34.2 Å². The SMILES string of the molecule is CC(C)c1ccc(S(=O)(=O)N2CCN=C2N2C3CCC2CN(C2CCC2)C3)cc1. The van der Waals surface area contributed by atoms with Crippen molar-refractivity contribution in [1.29, 1.82) is 0 Å². The van der Waals surface area contributed by atoms with Crippen LogP contribution >= 0.6 is 0 Å². The van der Waals surface area contributed by atoms with Crippen LogP contribution in [0.3, 0.4) is 0 Å². The van der Waals surface area contributed by atoms with Gasteiger partial charge in [-0.25, -0.2) is 12.7 Å². The van der Waals surface area contributed by atoms with Gasteiger partial charge in [-0.05, 0) is 49.3 Å². The van der Waals surface area contributed by atoms with Crippen molar-refractivity contribution in [3.63, 3.8) is 0 Å². The maximum Gasteiger partial charge on any atom is 0.266 e. The summed E-state index contributed by atoms with van der Waals surface area (Å²) in [4.78, 5) is 10.1. The number of sulfonamides is 1. The molecule has 2 bridgehead atoms. The van der Waals surface area contributed by atoms with Crippen molar-refractivity contribution in [3.05, 3.63) is 29.8 Å². The van der Waals surface area contributed by atoms with Crippen LogP contribution in [0.1, 0.15) is 57.4 Å². The Kier molecular flexibility index (Phi) is 4.86. The summed E-state index contributed by atoms with van der Waals surface area (Å²) in [7, 11) is -3.57. The standard InChI is InChI=1S/C22H32N4O2S/c1-16(2)17-6-10-21(11-7-17)29(27,28)25-13-12-23-22(25)26-19-8-9-20(26)15-24(14-19)18-4-3-5-18/h6-7,10-11,16,18-20H,3-5,8-9,12-15H2,1-2H3. The van der Waals surface area contributed by atoms with Gasteiger partial charge in [-0.15, -0.1) is 0 Å². The third kappa shape index (κ3) is 3.26. The number of rotatable bonds is 4. The summed E-state index contributed by atoms with van der Waals surface area (Å²) in [6.45, 7) is 7.35. The van der Waals surface area contributed by atoms with Crippen molar-refractivity contribution in [2.75, 3.05) is 26.2 Å². The number of aliphatic imine (C=N–C) groups is 1. The molecular weight excluding hydrogens is 384 g/mol. The second kappa shape index (κ2) is 7.27. The summed E-state index contributed by atoms with van der Waals surface area (Å²) in [5.74, 6) is 1.08. The van der Waals surface area contributed by atoms with E-state index in [4.69, 9.17) is 4.99 Å². The Morgan fingerprint density at radius 3 is 2.17 bits per heavy atom. The molecule has 29 heavy (non-hydrogen) atoms. The minimum atomic E-state index is -3.57. The summed E-state index contributed by atoms with van der Waals surface area (Å²) < 4.78 is 28.4. The molecule has 1 saturated carbocycles. The predicted octanol–water partition coefficient (Wildman–Crippen LogP) is 2.87. The van der Waals surface area contributed by atoms with Gasteiger partial charge in [-0.3, -0.25) is 9.89 Å². The molecule has 0 N–H and O–H groups in total. The van der Waals surface area contributed by atoms with Gasteiger partial charge in [0.05, 0.1) is 18.0 Å². The van der Waals surface area contributed by atoms with E-state index in [1.54, 1.807) is 16.4 Å². The number of benzene rings is 1. The highest BCUT2D eigenvalue weighted by Gasteiger charge is 2.47. The van der Waals surface area contributed by atoms with E-state index < -0.39 is 10.0 Å². The third-order valence-electron chi connectivity index (χ3n) is 7.25. The molecule has 0 amide bonds. The van der Waals surface area contributed by atoms with Crippen molar-refractivity contribution in [1.82, 2.24) is 14.1 Å². The molecule has 5 rings (SSSR count). The lowest BCUT2D eigenvalue weighted by molar-refractivity contribution is 0.0466. The van der Waals surface area contributed by atoms with Crippen LogP contribution in [0.2, 0.25) is 0 Å². The molecule has 3 fully saturated rings. The Morgan fingerprint density at radius 2 is 1.62 bits per heavy atom. The maximum absolute atomic E-state index is 13.4. The first-order chi connectivity index (χ1) is 13.9. The molecule has 158 valence electrons. The van der Waals surface area contributed by atoms with Crippen molar-refractivity contribution in [2.45, 2.75) is 74.9 Å². The average Bonchev–Trinajstić information content (AvgIpc) is 3.23. The third-order valence-corrected chi connectivity index (χ3v) is 9.04. The van der Waals surface area contributed by atoms with Crippen LogP contribution in [0.5, 0.6) is 0 Å². The molecular formula is C22H32N4O2S. The van der Waals surface area contributed by atoms with Crippen molar-refractivity contribution in [3.8, 4) is 0 Å². The minimum absolute atomic E-state index is 0.372. The predicted molar refractivity (Wildman–Crippen MR) is 115 cm³/mol. The number of guanidine groups is 1.